The number of hydrogen-bond acceptors (Lipinski definition) is 2. The Balaban J connectivity index is 2.63. The summed E-state index contributed by atoms with van der Waals surface area (Å²) < 4.78 is 2.77. The van der Waals surface area contributed by atoms with Crippen molar-refractivity contribution in [1.29, 1.82) is 0 Å². The van der Waals surface area contributed by atoms with Crippen molar-refractivity contribution in [2.24, 2.45) is 0 Å². The molecule has 0 saturated heterocycles. The number of benzene rings is 1. The van der Waals surface area contributed by atoms with Crippen molar-refractivity contribution in [3.63, 3.8) is 0 Å². The second-order valence-electron chi connectivity index (χ2n) is 4.77. The maximum atomic E-state index is 6.28. The molecule has 0 saturated carbocycles. The van der Waals surface area contributed by atoms with E-state index in [1.807, 2.05) is 22.8 Å². The highest BCUT2D eigenvalue weighted by atomic mass is 79.9. The van der Waals surface area contributed by atoms with Crippen molar-refractivity contribution < 1.29 is 0 Å². The molecule has 3 nitrogen and oxygen atoms in total. The summed E-state index contributed by atoms with van der Waals surface area (Å²) >= 11 is 9.67. The predicted octanol–water partition coefficient (Wildman–Crippen LogP) is 4.30. The molecular formula is C15H15BrClN3. The smallest absolute Gasteiger partial charge is 0.132 e. The molecule has 0 aliphatic carbocycles. The molecule has 0 fully saturated rings. The minimum atomic E-state index is 0.230. The normalized spacial score (nSPS) is 10.8. The fourth-order valence-corrected chi connectivity index (χ4v) is 2.82. The van der Waals surface area contributed by atoms with Gasteiger partial charge in [-0.3, -0.25) is 0 Å². The zero-order valence-corrected chi connectivity index (χ0v) is 13.7. The zero-order valence-electron chi connectivity index (χ0n) is 11.3. The number of terminal acetylenes is 1. The highest BCUT2D eigenvalue weighted by Gasteiger charge is 2.19. The number of rotatable bonds is 3. The van der Waals surface area contributed by atoms with Crippen LogP contribution in [-0.4, -0.2) is 9.55 Å². The average Bonchev–Trinajstić information content (AvgIpc) is 2.68. The van der Waals surface area contributed by atoms with Gasteiger partial charge in [-0.15, -0.1) is 6.42 Å². The molecule has 2 rings (SSSR count). The summed E-state index contributed by atoms with van der Waals surface area (Å²) in [7, 11) is 0. The fraction of sp³-hybridized carbons (Fsp3) is 0.267. The molecule has 0 bridgehead atoms. The van der Waals surface area contributed by atoms with Crippen molar-refractivity contribution in [2.75, 3.05) is 5.73 Å². The van der Waals surface area contributed by atoms with E-state index in [1.54, 1.807) is 0 Å². The Labute approximate surface area is 132 Å². The van der Waals surface area contributed by atoms with Crippen molar-refractivity contribution in [3.05, 3.63) is 33.5 Å². The third kappa shape index (κ3) is 2.70. The van der Waals surface area contributed by atoms with Crippen molar-refractivity contribution in [2.45, 2.75) is 26.3 Å². The first-order chi connectivity index (χ1) is 9.45. The number of nitrogen functional groups attached to an aromatic ring is 1. The second kappa shape index (κ2) is 5.90. The zero-order chi connectivity index (χ0) is 14.9. The number of imidazole rings is 1. The standard InChI is InChI=1S/C15H15BrClN3/c1-4-7-20-14(18)13(19-15(20)9(2)3)11-6-5-10(16)8-12(11)17/h1,5-6,8-9H,7,18H2,2-3H3. The van der Waals surface area contributed by atoms with E-state index in [9.17, 15) is 0 Å². The van der Waals surface area contributed by atoms with Gasteiger partial charge in [-0.05, 0) is 12.1 Å². The third-order valence-corrected chi connectivity index (χ3v) is 3.79. The first-order valence-electron chi connectivity index (χ1n) is 6.20. The van der Waals surface area contributed by atoms with Crippen LogP contribution in [0.2, 0.25) is 5.02 Å². The average molecular weight is 353 g/mol. The summed E-state index contributed by atoms with van der Waals surface area (Å²) in [4.78, 5) is 4.63. The van der Waals surface area contributed by atoms with Gasteiger partial charge in [-0.2, -0.15) is 0 Å². The van der Waals surface area contributed by atoms with Crippen LogP contribution < -0.4 is 5.73 Å². The van der Waals surface area contributed by atoms with Gasteiger partial charge >= 0.3 is 0 Å². The van der Waals surface area contributed by atoms with Gasteiger partial charge in [-0.25, -0.2) is 4.98 Å². The van der Waals surface area contributed by atoms with Gasteiger partial charge < -0.3 is 10.3 Å². The van der Waals surface area contributed by atoms with E-state index in [0.29, 0.717) is 23.1 Å². The van der Waals surface area contributed by atoms with E-state index in [1.165, 1.54) is 0 Å². The summed E-state index contributed by atoms with van der Waals surface area (Å²) in [6, 6.07) is 5.64. The van der Waals surface area contributed by atoms with Crippen LogP contribution >= 0.6 is 27.5 Å². The van der Waals surface area contributed by atoms with E-state index in [2.05, 4.69) is 40.7 Å². The van der Waals surface area contributed by atoms with Crippen LogP contribution in [0.1, 0.15) is 25.6 Å². The van der Waals surface area contributed by atoms with Gasteiger partial charge in [0.15, 0.2) is 0 Å². The van der Waals surface area contributed by atoms with Gasteiger partial charge in [-0.1, -0.05) is 53.4 Å². The molecule has 2 aromatic rings. The maximum absolute atomic E-state index is 6.28. The Bertz CT molecular complexity index is 683. The molecule has 5 heteroatoms. The highest BCUT2D eigenvalue weighted by Crippen LogP contribution is 2.35. The minimum Gasteiger partial charge on any atom is -0.383 e. The minimum absolute atomic E-state index is 0.230. The Kier molecular flexibility index (Phi) is 4.42. The molecule has 0 spiro atoms. The van der Waals surface area contributed by atoms with Crippen molar-refractivity contribution in [3.8, 4) is 23.6 Å². The Morgan fingerprint density at radius 3 is 2.75 bits per heavy atom. The largest absolute Gasteiger partial charge is 0.383 e. The Hall–Kier alpha value is -1.44. The third-order valence-electron chi connectivity index (χ3n) is 2.99. The monoisotopic (exact) mass is 351 g/mol. The fourth-order valence-electron chi connectivity index (χ4n) is 2.06. The number of aromatic nitrogens is 2. The topological polar surface area (TPSA) is 43.8 Å². The second-order valence-corrected chi connectivity index (χ2v) is 6.10. The quantitative estimate of drug-likeness (QED) is 0.837. The number of nitrogens with two attached hydrogens (primary N) is 1. The summed E-state index contributed by atoms with van der Waals surface area (Å²) in [6.45, 7) is 4.52. The first-order valence-corrected chi connectivity index (χ1v) is 7.37. The van der Waals surface area contributed by atoms with Crippen LogP contribution in [0.25, 0.3) is 11.3 Å². The van der Waals surface area contributed by atoms with Gasteiger partial charge in [0.25, 0.3) is 0 Å². The lowest BCUT2D eigenvalue weighted by Gasteiger charge is -2.08. The Morgan fingerprint density at radius 1 is 1.50 bits per heavy atom. The lowest BCUT2D eigenvalue weighted by molar-refractivity contribution is 0.691. The van der Waals surface area contributed by atoms with Crippen LogP contribution in [0.15, 0.2) is 22.7 Å². The lowest BCUT2D eigenvalue weighted by Crippen LogP contribution is -2.07. The van der Waals surface area contributed by atoms with Crippen molar-refractivity contribution >= 4 is 33.3 Å². The number of hydrogen-bond donors (Lipinski definition) is 1. The molecular weight excluding hydrogens is 338 g/mol. The van der Waals surface area contributed by atoms with Gasteiger partial charge in [0.05, 0.1) is 11.6 Å². The predicted molar refractivity (Wildman–Crippen MR) is 87.7 cm³/mol. The lowest BCUT2D eigenvalue weighted by atomic mass is 10.1. The molecule has 20 heavy (non-hydrogen) atoms. The van der Waals surface area contributed by atoms with Crippen LogP contribution in [-0.2, 0) is 6.54 Å². The molecule has 0 aliphatic heterocycles. The van der Waals surface area contributed by atoms with E-state index in [-0.39, 0.29) is 5.92 Å². The molecule has 2 N–H and O–H groups in total. The van der Waals surface area contributed by atoms with E-state index in [0.717, 1.165) is 15.9 Å². The molecule has 0 amide bonds. The van der Waals surface area contributed by atoms with Gasteiger partial charge in [0.1, 0.15) is 17.3 Å². The van der Waals surface area contributed by atoms with Gasteiger partial charge in [0, 0.05) is 16.0 Å². The van der Waals surface area contributed by atoms with E-state index < -0.39 is 0 Å². The number of nitrogens with zero attached hydrogens (tertiary/aromatic N) is 2. The van der Waals surface area contributed by atoms with Crippen LogP contribution in [0.5, 0.6) is 0 Å². The molecule has 1 aromatic heterocycles. The molecule has 0 aliphatic rings. The van der Waals surface area contributed by atoms with E-state index in [4.69, 9.17) is 23.8 Å². The van der Waals surface area contributed by atoms with Crippen LogP contribution in [0.4, 0.5) is 5.82 Å². The molecule has 0 atom stereocenters. The molecule has 0 radical (unpaired) electrons. The SMILES string of the molecule is C#CCn1c(C(C)C)nc(-c2ccc(Br)cc2Cl)c1N. The van der Waals surface area contributed by atoms with Gasteiger partial charge in [0.2, 0.25) is 0 Å². The summed E-state index contributed by atoms with van der Waals surface area (Å²) in [5.41, 5.74) is 7.69. The Morgan fingerprint density at radius 2 is 2.20 bits per heavy atom. The number of anilines is 1. The summed E-state index contributed by atoms with van der Waals surface area (Å²) in [5.74, 6) is 4.26. The van der Waals surface area contributed by atoms with E-state index >= 15 is 0 Å². The molecule has 104 valence electrons. The molecule has 1 heterocycles. The van der Waals surface area contributed by atoms with Crippen LogP contribution in [0.3, 0.4) is 0 Å². The van der Waals surface area contributed by atoms with Crippen molar-refractivity contribution in [1.82, 2.24) is 9.55 Å². The summed E-state index contributed by atoms with van der Waals surface area (Å²) in [6.07, 6.45) is 5.41. The maximum Gasteiger partial charge on any atom is 0.132 e. The molecule has 0 unspecified atom stereocenters. The highest BCUT2D eigenvalue weighted by molar-refractivity contribution is 9.10. The summed E-state index contributed by atoms with van der Waals surface area (Å²) in [5, 5.41) is 0.603. The van der Waals surface area contributed by atoms with Crippen LogP contribution in [0, 0.1) is 12.3 Å². The number of halogens is 2. The molecule has 1 aromatic carbocycles. The first kappa shape index (κ1) is 15.0.